The highest BCUT2D eigenvalue weighted by molar-refractivity contribution is 7.21. The number of hydrogen-bond donors (Lipinski definition) is 1. The van der Waals surface area contributed by atoms with Gasteiger partial charge in [0.05, 0.1) is 5.02 Å². The molecule has 1 aromatic heterocycles. The van der Waals surface area contributed by atoms with E-state index in [1.165, 1.54) is 11.3 Å². The summed E-state index contributed by atoms with van der Waals surface area (Å²) in [6, 6.07) is 15.6. The molecule has 3 aromatic rings. The number of fused-ring (bicyclic) bond motifs is 1. The number of carbonyl (C=O) groups is 3. The summed E-state index contributed by atoms with van der Waals surface area (Å²) in [5.41, 5.74) is 0.342. The highest BCUT2D eigenvalue weighted by Gasteiger charge is 2.19. The maximum Gasteiger partial charge on any atom is 0.350 e. The Hall–Kier alpha value is -2.70. The van der Waals surface area contributed by atoms with Crippen LogP contribution in [0.4, 0.5) is 0 Å². The fourth-order valence-corrected chi connectivity index (χ4v) is 3.57. The van der Waals surface area contributed by atoms with Gasteiger partial charge in [-0.25, -0.2) is 4.79 Å². The van der Waals surface area contributed by atoms with Crippen LogP contribution in [-0.2, 0) is 9.53 Å². The van der Waals surface area contributed by atoms with Crippen LogP contribution < -0.4 is 5.32 Å². The van der Waals surface area contributed by atoms with Crippen molar-refractivity contribution in [2.45, 2.75) is 0 Å². The van der Waals surface area contributed by atoms with Crippen molar-refractivity contribution in [3.8, 4) is 0 Å². The van der Waals surface area contributed by atoms with Gasteiger partial charge in [0.25, 0.3) is 11.8 Å². The molecular formula is C18H12ClNO4S. The van der Waals surface area contributed by atoms with Crippen LogP contribution >= 0.6 is 22.9 Å². The van der Waals surface area contributed by atoms with E-state index in [1.54, 1.807) is 36.4 Å². The largest absolute Gasteiger partial charge is 0.451 e. The number of esters is 1. The second-order valence-corrected chi connectivity index (χ2v) is 6.49. The zero-order valence-corrected chi connectivity index (χ0v) is 14.4. The van der Waals surface area contributed by atoms with Crippen molar-refractivity contribution in [1.29, 1.82) is 0 Å². The molecule has 5 nitrogen and oxygen atoms in total. The molecule has 1 N–H and O–H groups in total. The van der Waals surface area contributed by atoms with Crippen molar-refractivity contribution >= 4 is 50.8 Å². The van der Waals surface area contributed by atoms with Crippen LogP contribution in [0.1, 0.15) is 20.0 Å². The number of halogens is 1. The van der Waals surface area contributed by atoms with E-state index in [0.717, 1.165) is 10.1 Å². The van der Waals surface area contributed by atoms with Gasteiger partial charge in [-0.1, -0.05) is 48.0 Å². The molecule has 0 spiro atoms. The number of ether oxygens (including phenoxy) is 1. The van der Waals surface area contributed by atoms with E-state index in [2.05, 4.69) is 5.32 Å². The summed E-state index contributed by atoms with van der Waals surface area (Å²) >= 11 is 7.38. The number of nitrogens with one attached hydrogen (secondary N) is 1. The first-order valence-corrected chi connectivity index (χ1v) is 8.49. The topological polar surface area (TPSA) is 72.5 Å². The second-order valence-electron chi connectivity index (χ2n) is 5.06. The van der Waals surface area contributed by atoms with E-state index in [0.29, 0.717) is 10.6 Å². The zero-order chi connectivity index (χ0) is 17.8. The highest BCUT2D eigenvalue weighted by atomic mass is 35.5. The lowest BCUT2D eigenvalue weighted by molar-refractivity contribution is -0.123. The van der Waals surface area contributed by atoms with Gasteiger partial charge >= 0.3 is 5.97 Å². The monoisotopic (exact) mass is 373 g/mol. The smallest absolute Gasteiger partial charge is 0.350 e. The molecule has 126 valence electrons. The van der Waals surface area contributed by atoms with Gasteiger partial charge in [-0.2, -0.15) is 0 Å². The Balaban J connectivity index is 1.61. The number of amides is 2. The molecule has 1 heterocycles. The Morgan fingerprint density at radius 2 is 1.68 bits per heavy atom. The predicted octanol–water partition coefficient (Wildman–Crippen LogP) is 3.67. The number of hydrogen-bond acceptors (Lipinski definition) is 5. The minimum absolute atomic E-state index is 0.227. The average molecular weight is 374 g/mol. The van der Waals surface area contributed by atoms with Crippen molar-refractivity contribution < 1.29 is 19.1 Å². The van der Waals surface area contributed by atoms with Crippen LogP contribution in [0.5, 0.6) is 0 Å². The number of imide groups is 1. The van der Waals surface area contributed by atoms with E-state index in [4.69, 9.17) is 16.3 Å². The highest BCUT2D eigenvalue weighted by Crippen LogP contribution is 2.35. The maximum atomic E-state index is 12.1. The lowest BCUT2D eigenvalue weighted by Crippen LogP contribution is -2.34. The predicted molar refractivity (Wildman–Crippen MR) is 96.0 cm³/mol. The average Bonchev–Trinajstić information content (AvgIpc) is 2.97. The summed E-state index contributed by atoms with van der Waals surface area (Å²) in [5, 5.41) is 3.21. The first-order valence-electron chi connectivity index (χ1n) is 7.29. The van der Waals surface area contributed by atoms with E-state index in [9.17, 15) is 14.4 Å². The SMILES string of the molecule is O=C(COC(=O)c1sc2ccccc2c1Cl)NC(=O)c1ccccc1. The van der Waals surface area contributed by atoms with Crippen molar-refractivity contribution in [3.05, 3.63) is 70.1 Å². The molecule has 0 aliphatic carbocycles. The van der Waals surface area contributed by atoms with Crippen molar-refractivity contribution in [2.75, 3.05) is 6.61 Å². The Morgan fingerprint density at radius 3 is 2.40 bits per heavy atom. The molecular weight excluding hydrogens is 362 g/mol. The molecule has 0 saturated heterocycles. The van der Waals surface area contributed by atoms with Gasteiger partial charge in [-0.05, 0) is 18.2 Å². The first kappa shape index (κ1) is 17.1. The zero-order valence-electron chi connectivity index (χ0n) is 12.8. The Kier molecular flexibility index (Phi) is 5.11. The quantitative estimate of drug-likeness (QED) is 0.708. The third kappa shape index (κ3) is 3.87. The summed E-state index contributed by atoms with van der Waals surface area (Å²) in [5.74, 6) is -1.96. The molecule has 25 heavy (non-hydrogen) atoms. The van der Waals surface area contributed by atoms with Crippen LogP contribution in [-0.4, -0.2) is 24.4 Å². The Labute approximate surface area is 152 Å². The molecule has 0 radical (unpaired) electrons. The van der Waals surface area contributed by atoms with Crippen LogP contribution in [0, 0.1) is 0 Å². The van der Waals surface area contributed by atoms with Crippen molar-refractivity contribution in [1.82, 2.24) is 5.32 Å². The number of rotatable bonds is 4. The lowest BCUT2D eigenvalue weighted by atomic mass is 10.2. The van der Waals surface area contributed by atoms with Crippen molar-refractivity contribution in [2.24, 2.45) is 0 Å². The normalized spacial score (nSPS) is 10.4. The minimum atomic E-state index is -0.709. The molecule has 0 fully saturated rings. The number of thiophene rings is 1. The Morgan fingerprint density at radius 1 is 1.00 bits per heavy atom. The maximum absolute atomic E-state index is 12.1. The van der Waals surface area contributed by atoms with Crippen LogP contribution in [0.3, 0.4) is 0 Å². The third-order valence-electron chi connectivity index (χ3n) is 3.34. The van der Waals surface area contributed by atoms with Gasteiger partial charge < -0.3 is 4.74 Å². The molecule has 0 bridgehead atoms. The van der Waals surface area contributed by atoms with E-state index in [-0.39, 0.29) is 4.88 Å². The molecule has 0 aliphatic heterocycles. The van der Waals surface area contributed by atoms with E-state index >= 15 is 0 Å². The van der Waals surface area contributed by atoms with Crippen LogP contribution in [0.15, 0.2) is 54.6 Å². The van der Waals surface area contributed by atoms with Gasteiger partial charge in [0, 0.05) is 15.6 Å². The molecule has 0 saturated carbocycles. The number of carbonyl (C=O) groups excluding carboxylic acids is 3. The third-order valence-corrected chi connectivity index (χ3v) is 5.00. The molecule has 0 unspecified atom stereocenters. The molecule has 2 aromatic carbocycles. The molecule has 3 rings (SSSR count). The summed E-state index contributed by atoms with van der Waals surface area (Å²) < 4.78 is 5.81. The van der Waals surface area contributed by atoms with Crippen LogP contribution in [0.2, 0.25) is 5.02 Å². The van der Waals surface area contributed by atoms with Gasteiger partial charge in [-0.15, -0.1) is 11.3 Å². The summed E-state index contributed by atoms with van der Waals surface area (Å²) in [6.45, 7) is -0.567. The summed E-state index contributed by atoms with van der Waals surface area (Å²) in [7, 11) is 0. The number of benzene rings is 2. The minimum Gasteiger partial charge on any atom is -0.451 e. The lowest BCUT2D eigenvalue weighted by Gasteiger charge is -2.05. The Bertz CT molecular complexity index is 952. The fraction of sp³-hybridized carbons (Fsp3) is 0.0556. The van der Waals surface area contributed by atoms with Gasteiger partial charge in [0.15, 0.2) is 6.61 Å². The standard InChI is InChI=1S/C18H12ClNO4S/c19-15-12-8-4-5-9-13(12)25-16(15)18(23)24-10-14(21)20-17(22)11-6-2-1-3-7-11/h1-9H,10H2,(H,20,21,22). The summed E-state index contributed by atoms with van der Waals surface area (Å²) in [4.78, 5) is 36.0. The van der Waals surface area contributed by atoms with E-state index < -0.39 is 24.4 Å². The van der Waals surface area contributed by atoms with Gasteiger partial charge in [0.1, 0.15) is 4.88 Å². The van der Waals surface area contributed by atoms with Gasteiger partial charge in [0.2, 0.25) is 0 Å². The molecule has 0 atom stereocenters. The first-order chi connectivity index (χ1) is 12.1. The summed E-state index contributed by atoms with van der Waals surface area (Å²) in [6.07, 6.45) is 0. The van der Waals surface area contributed by atoms with Crippen LogP contribution in [0.25, 0.3) is 10.1 Å². The fourth-order valence-electron chi connectivity index (χ4n) is 2.17. The van der Waals surface area contributed by atoms with Gasteiger partial charge in [-0.3, -0.25) is 14.9 Å². The molecule has 2 amide bonds. The molecule has 0 aliphatic rings. The molecule has 7 heteroatoms. The second kappa shape index (κ2) is 7.46. The van der Waals surface area contributed by atoms with Crippen molar-refractivity contribution in [3.63, 3.8) is 0 Å². The van der Waals surface area contributed by atoms with E-state index in [1.807, 2.05) is 18.2 Å².